The number of pyridine rings is 1. The summed E-state index contributed by atoms with van der Waals surface area (Å²) in [5, 5.41) is 4.45. The number of rotatable bonds is 1. The van der Waals surface area contributed by atoms with Crippen molar-refractivity contribution >= 4 is 11.0 Å². The van der Waals surface area contributed by atoms with E-state index in [1.807, 2.05) is 18.5 Å². The van der Waals surface area contributed by atoms with E-state index in [1.54, 1.807) is 0 Å². The Labute approximate surface area is 69.8 Å². The van der Waals surface area contributed by atoms with Crippen LogP contribution in [-0.4, -0.2) is 16.5 Å². The molecule has 3 heteroatoms. The van der Waals surface area contributed by atoms with Gasteiger partial charge >= 0.3 is 0 Å². The van der Waals surface area contributed by atoms with Crippen LogP contribution in [0.3, 0.4) is 0 Å². The van der Waals surface area contributed by atoms with Crippen molar-refractivity contribution in [1.82, 2.24) is 15.3 Å². The van der Waals surface area contributed by atoms with E-state index in [0.717, 1.165) is 12.2 Å². The molecule has 0 spiro atoms. The van der Waals surface area contributed by atoms with E-state index in [0.29, 0.717) is 6.04 Å². The molecule has 3 nitrogen and oxygen atoms in total. The molecule has 2 aromatic heterocycles. The van der Waals surface area contributed by atoms with Gasteiger partial charge in [0.15, 0.2) is 0 Å². The van der Waals surface area contributed by atoms with Gasteiger partial charge in [0.1, 0.15) is 5.65 Å². The standard InChI is InChI=1S/C9H9N3/c1-2-10-9-6(1)3-7(4-12-9)8-5-11-8/h1-4,8,11H,5H2,(H,10,12)/t8-/m1/s1. The van der Waals surface area contributed by atoms with Crippen molar-refractivity contribution in [3.05, 3.63) is 30.1 Å². The van der Waals surface area contributed by atoms with Gasteiger partial charge in [0, 0.05) is 30.4 Å². The average Bonchev–Trinajstić information content (AvgIpc) is 2.84. The van der Waals surface area contributed by atoms with Crippen molar-refractivity contribution in [1.29, 1.82) is 0 Å². The van der Waals surface area contributed by atoms with Crippen molar-refractivity contribution in [3.63, 3.8) is 0 Å². The lowest BCUT2D eigenvalue weighted by Gasteiger charge is -1.94. The largest absolute Gasteiger partial charge is 0.346 e. The fraction of sp³-hybridized carbons (Fsp3) is 0.222. The van der Waals surface area contributed by atoms with E-state index in [9.17, 15) is 0 Å². The molecule has 0 radical (unpaired) electrons. The Hall–Kier alpha value is -1.35. The van der Waals surface area contributed by atoms with E-state index in [1.165, 1.54) is 10.9 Å². The molecule has 3 heterocycles. The van der Waals surface area contributed by atoms with Crippen LogP contribution in [0.15, 0.2) is 24.5 Å². The van der Waals surface area contributed by atoms with Crippen molar-refractivity contribution < 1.29 is 0 Å². The normalized spacial score (nSPS) is 21.5. The first-order valence-corrected chi connectivity index (χ1v) is 4.10. The minimum Gasteiger partial charge on any atom is -0.346 e. The molecule has 60 valence electrons. The number of aromatic amines is 1. The van der Waals surface area contributed by atoms with Crippen LogP contribution in [0.4, 0.5) is 0 Å². The predicted molar refractivity (Wildman–Crippen MR) is 46.8 cm³/mol. The van der Waals surface area contributed by atoms with E-state index in [4.69, 9.17) is 0 Å². The predicted octanol–water partition coefficient (Wildman–Crippen LogP) is 1.21. The van der Waals surface area contributed by atoms with Gasteiger partial charge in [-0.05, 0) is 17.7 Å². The summed E-state index contributed by atoms with van der Waals surface area (Å²) in [4.78, 5) is 7.38. The average molecular weight is 159 g/mol. The Bertz CT molecular complexity index is 414. The Morgan fingerprint density at radius 3 is 3.25 bits per heavy atom. The Kier molecular flexibility index (Phi) is 1.07. The lowest BCUT2D eigenvalue weighted by molar-refractivity contribution is 1.06. The maximum absolute atomic E-state index is 4.31. The van der Waals surface area contributed by atoms with Gasteiger partial charge in [0.2, 0.25) is 0 Å². The first-order valence-electron chi connectivity index (χ1n) is 4.10. The van der Waals surface area contributed by atoms with Crippen molar-refractivity contribution in [2.24, 2.45) is 0 Å². The summed E-state index contributed by atoms with van der Waals surface area (Å²) in [5.74, 6) is 0. The van der Waals surface area contributed by atoms with Gasteiger partial charge in [-0.15, -0.1) is 0 Å². The number of nitrogens with zero attached hydrogens (tertiary/aromatic N) is 1. The highest BCUT2D eigenvalue weighted by molar-refractivity contribution is 5.75. The minimum atomic E-state index is 0.553. The van der Waals surface area contributed by atoms with Crippen molar-refractivity contribution in [3.8, 4) is 0 Å². The van der Waals surface area contributed by atoms with Crippen LogP contribution < -0.4 is 5.32 Å². The molecular weight excluding hydrogens is 150 g/mol. The monoisotopic (exact) mass is 159 g/mol. The van der Waals surface area contributed by atoms with Crippen LogP contribution in [-0.2, 0) is 0 Å². The quantitative estimate of drug-likeness (QED) is 0.614. The van der Waals surface area contributed by atoms with Crippen LogP contribution in [0.1, 0.15) is 11.6 Å². The molecule has 1 atom stereocenters. The van der Waals surface area contributed by atoms with Gasteiger partial charge in [-0.3, -0.25) is 0 Å². The highest BCUT2D eigenvalue weighted by Crippen LogP contribution is 2.23. The van der Waals surface area contributed by atoms with E-state index >= 15 is 0 Å². The van der Waals surface area contributed by atoms with Crippen molar-refractivity contribution in [2.45, 2.75) is 6.04 Å². The molecule has 1 aliphatic heterocycles. The topological polar surface area (TPSA) is 50.6 Å². The summed E-state index contributed by atoms with van der Waals surface area (Å²) in [7, 11) is 0. The smallest absolute Gasteiger partial charge is 0.137 e. The number of fused-ring (bicyclic) bond motifs is 1. The zero-order chi connectivity index (χ0) is 7.97. The van der Waals surface area contributed by atoms with Gasteiger partial charge < -0.3 is 10.3 Å². The van der Waals surface area contributed by atoms with E-state index in [-0.39, 0.29) is 0 Å². The zero-order valence-electron chi connectivity index (χ0n) is 6.54. The maximum Gasteiger partial charge on any atom is 0.137 e. The van der Waals surface area contributed by atoms with Gasteiger partial charge in [-0.2, -0.15) is 0 Å². The molecule has 0 unspecified atom stereocenters. The molecule has 0 aliphatic carbocycles. The van der Waals surface area contributed by atoms with E-state index in [2.05, 4.69) is 21.4 Å². The number of H-pyrrole nitrogens is 1. The lowest BCUT2D eigenvalue weighted by Crippen LogP contribution is -1.85. The van der Waals surface area contributed by atoms with Crippen molar-refractivity contribution in [2.75, 3.05) is 6.54 Å². The van der Waals surface area contributed by atoms with Gasteiger partial charge in [-0.25, -0.2) is 4.98 Å². The van der Waals surface area contributed by atoms with Crippen LogP contribution in [0.2, 0.25) is 0 Å². The highest BCUT2D eigenvalue weighted by atomic mass is 15.1. The second kappa shape index (κ2) is 2.08. The second-order valence-electron chi connectivity index (χ2n) is 3.14. The molecule has 1 fully saturated rings. The van der Waals surface area contributed by atoms with Gasteiger partial charge in [0.25, 0.3) is 0 Å². The van der Waals surface area contributed by atoms with Crippen LogP contribution in [0, 0.1) is 0 Å². The maximum atomic E-state index is 4.31. The molecule has 0 bridgehead atoms. The summed E-state index contributed by atoms with van der Waals surface area (Å²) in [6, 6.07) is 4.79. The number of aromatic nitrogens is 2. The molecule has 0 aromatic carbocycles. The number of nitrogens with one attached hydrogen (secondary N) is 2. The Morgan fingerprint density at radius 1 is 1.50 bits per heavy atom. The molecule has 0 saturated carbocycles. The van der Waals surface area contributed by atoms with Crippen LogP contribution >= 0.6 is 0 Å². The summed E-state index contributed by atoms with van der Waals surface area (Å²) < 4.78 is 0. The molecule has 1 saturated heterocycles. The van der Waals surface area contributed by atoms with E-state index < -0.39 is 0 Å². The summed E-state index contributed by atoms with van der Waals surface area (Å²) in [5.41, 5.74) is 2.27. The SMILES string of the molecule is c1cc2cc([C@H]3CN3)cnc2[nH]1. The molecule has 2 aromatic rings. The third-order valence-corrected chi connectivity index (χ3v) is 2.23. The zero-order valence-corrected chi connectivity index (χ0v) is 6.54. The van der Waals surface area contributed by atoms with Gasteiger partial charge in [-0.1, -0.05) is 0 Å². The summed E-state index contributed by atoms with van der Waals surface area (Å²) in [6.07, 6.45) is 3.85. The Morgan fingerprint density at radius 2 is 2.42 bits per heavy atom. The molecule has 1 aliphatic rings. The van der Waals surface area contributed by atoms with Gasteiger partial charge in [0.05, 0.1) is 0 Å². The highest BCUT2D eigenvalue weighted by Gasteiger charge is 2.22. The molecule has 3 rings (SSSR count). The molecule has 12 heavy (non-hydrogen) atoms. The first-order chi connectivity index (χ1) is 5.93. The second-order valence-corrected chi connectivity index (χ2v) is 3.14. The summed E-state index contributed by atoms with van der Waals surface area (Å²) in [6.45, 7) is 1.09. The molecular formula is C9H9N3. The fourth-order valence-corrected chi connectivity index (χ4v) is 1.44. The third kappa shape index (κ3) is 0.833. The lowest BCUT2D eigenvalue weighted by atomic mass is 10.2. The van der Waals surface area contributed by atoms with Crippen LogP contribution in [0.25, 0.3) is 11.0 Å². The number of hydrogen-bond donors (Lipinski definition) is 2. The number of hydrogen-bond acceptors (Lipinski definition) is 2. The van der Waals surface area contributed by atoms with Crippen LogP contribution in [0.5, 0.6) is 0 Å². The molecule has 2 N–H and O–H groups in total. The Balaban J connectivity index is 2.21. The minimum absolute atomic E-state index is 0.553. The molecule has 0 amide bonds. The summed E-state index contributed by atoms with van der Waals surface area (Å²) >= 11 is 0. The fourth-order valence-electron chi connectivity index (χ4n) is 1.44. The third-order valence-electron chi connectivity index (χ3n) is 2.23. The first kappa shape index (κ1) is 6.20.